The maximum Gasteiger partial charge on any atom is 0.249 e. The fourth-order valence-corrected chi connectivity index (χ4v) is 3.41. The largest absolute Gasteiger partial charge is 0.481 e. The van der Waals surface area contributed by atoms with Gasteiger partial charge in [-0.25, -0.2) is 9.97 Å². The Kier molecular flexibility index (Phi) is 3.79. The zero-order valence-corrected chi connectivity index (χ0v) is 13.6. The van der Waals surface area contributed by atoms with Crippen LogP contribution in [0.1, 0.15) is 24.6 Å². The van der Waals surface area contributed by atoms with Crippen molar-refractivity contribution in [3.05, 3.63) is 30.4 Å². The summed E-state index contributed by atoms with van der Waals surface area (Å²) in [6.45, 7) is 2.88. The lowest BCUT2D eigenvalue weighted by Gasteiger charge is -2.35. The Bertz CT molecular complexity index is 740. The van der Waals surface area contributed by atoms with Gasteiger partial charge in [-0.05, 0) is 18.9 Å². The van der Waals surface area contributed by atoms with Crippen molar-refractivity contribution in [2.45, 2.75) is 25.4 Å². The molecule has 0 saturated carbocycles. The number of hydrogen-bond donors (Lipinski definition) is 0. The second-order valence-corrected chi connectivity index (χ2v) is 6.11. The summed E-state index contributed by atoms with van der Waals surface area (Å²) in [7, 11) is 1.58. The third-order valence-corrected chi connectivity index (χ3v) is 4.66. The van der Waals surface area contributed by atoms with E-state index in [9.17, 15) is 4.79 Å². The molecule has 2 aromatic rings. The number of rotatable bonds is 3. The predicted molar refractivity (Wildman–Crippen MR) is 86.7 cm³/mol. The molecule has 126 valence electrons. The van der Waals surface area contributed by atoms with Crippen LogP contribution in [0, 0.1) is 0 Å². The summed E-state index contributed by atoms with van der Waals surface area (Å²) >= 11 is 0. The van der Waals surface area contributed by atoms with Crippen LogP contribution in [0.3, 0.4) is 0 Å². The van der Waals surface area contributed by atoms with Crippen LogP contribution in [0.25, 0.3) is 0 Å². The summed E-state index contributed by atoms with van der Waals surface area (Å²) in [6, 6.07) is 3.43. The van der Waals surface area contributed by atoms with Gasteiger partial charge in [0.2, 0.25) is 11.8 Å². The molecule has 1 fully saturated rings. The molecule has 0 radical (unpaired) electrons. The molecule has 2 aliphatic rings. The Morgan fingerprint density at radius 1 is 1.29 bits per heavy atom. The zero-order chi connectivity index (χ0) is 16.5. The van der Waals surface area contributed by atoms with Gasteiger partial charge in [-0.15, -0.1) is 0 Å². The highest BCUT2D eigenvalue weighted by Crippen LogP contribution is 2.27. The van der Waals surface area contributed by atoms with Gasteiger partial charge in [-0.3, -0.25) is 9.48 Å². The van der Waals surface area contributed by atoms with Crippen LogP contribution in [-0.2, 0) is 11.3 Å². The standard InChI is InChI=1S/C16H20N6O2/c1-24-15-8-14(17-11-18-15)21-9-12-4-5-19-22(12)13(10-21)16(23)20-6-2-3-7-20/h4-5,8,11,13H,2-3,6-7,9-10H2,1H3/t13-/m0/s1. The van der Waals surface area contributed by atoms with E-state index < -0.39 is 0 Å². The minimum absolute atomic E-state index is 0.142. The van der Waals surface area contributed by atoms with Crippen molar-refractivity contribution in [1.29, 1.82) is 0 Å². The van der Waals surface area contributed by atoms with Crippen LogP contribution < -0.4 is 9.64 Å². The Morgan fingerprint density at radius 3 is 2.92 bits per heavy atom. The number of aromatic nitrogens is 4. The molecule has 0 aromatic carbocycles. The highest BCUT2D eigenvalue weighted by Gasteiger charge is 2.35. The van der Waals surface area contributed by atoms with Crippen molar-refractivity contribution in [2.24, 2.45) is 0 Å². The number of likely N-dealkylation sites (tertiary alicyclic amines) is 1. The lowest BCUT2D eigenvalue weighted by molar-refractivity contribution is -0.134. The fraction of sp³-hybridized carbons (Fsp3) is 0.500. The van der Waals surface area contributed by atoms with Crippen LogP contribution in [-0.4, -0.2) is 57.3 Å². The molecule has 2 aliphatic heterocycles. The van der Waals surface area contributed by atoms with Gasteiger partial charge in [-0.2, -0.15) is 5.10 Å². The molecular formula is C16H20N6O2. The first-order chi connectivity index (χ1) is 11.8. The number of amides is 1. The van der Waals surface area contributed by atoms with Crippen molar-refractivity contribution in [3.8, 4) is 5.88 Å². The number of fused-ring (bicyclic) bond motifs is 1. The predicted octanol–water partition coefficient (Wildman–Crippen LogP) is 0.865. The molecule has 4 rings (SSSR count). The number of carbonyl (C=O) groups excluding carboxylic acids is 1. The number of methoxy groups -OCH3 is 1. The van der Waals surface area contributed by atoms with Crippen LogP contribution in [0.15, 0.2) is 24.7 Å². The van der Waals surface area contributed by atoms with Crippen LogP contribution in [0.2, 0.25) is 0 Å². The number of ether oxygens (including phenoxy) is 1. The van der Waals surface area contributed by atoms with Gasteiger partial charge in [0.25, 0.3) is 0 Å². The van der Waals surface area contributed by atoms with Crippen molar-refractivity contribution >= 4 is 11.7 Å². The second-order valence-electron chi connectivity index (χ2n) is 6.11. The number of anilines is 1. The first-order valence-electron chi connectivity index (χ1n) is 8.18. The van der Waals surface area contributed by atoms with E-state index in [1.807, 2.05) is 15.6 Å². The maximum atomic E-state index is 12.9. The van der Waals surface area contributed by atoms with Crippen molar-refractivity contribution in [1.82, 2.24) is 24.6 Å². The normalized spacial score (nSPS) is 20.1. The number of nitrogens with zero attached hydrogens (tertiary/aromatic N) is 6. The smallest absolute Gasteiger partial charge is 0.249 e. The molecular weight excluding hydrogens is 308 g/mol. The first kappa shape index (κ1) is 14.9. The third-order valence-electron chi connectivity index (χ3n) is 4.66. The van der Waals surface area contributed by atoms with Crippen LogP contribution in [0.4, 0.5) is 5.82 Å². The topological polar surface area (TPSA) is 76.4 Å². The van der Waals surface area contributed by atoms with Gasteiger partial charge in [0.05, 0.1) is 25.9 Å². The third kappa shape index (κ3) is 2.57. The van der Waals surface area contributed by atoms with E-state index >= 15 is 0 Å². The van der Waals surface area contributed by atoms with Gasteiger partial charge in [0.15, 0.2) is 0 Å². The molecule has 1 saturated heterocycles. The number of hydrogen-bond acceptors (Lipinski definition) is 6. The summed E-state index contributed by atoms with van der Waals surface area (Å²) < 4.78 is 7.04. The van der Waals surface area contributed by atoms with Gasteiger partial charge >= 0.3 is 0 Å². The molecule has 0 spiro atoms. The van der Waals surface area contributed by atoms with E-state index in [2.05, 4.69) is 20.0 Å². The summed E-state index contributed by atoms with van der Waals surface area (Å²) in [5.74, 6) is 1.41. The minimum atomic E-state index is -0.317. The van der Waals surface area contributed by atoms with E-state index in [4.69, 9.17) is 4.74 Å². The Labute approximate surface area is 140 Å². The maximum absolute atomic E-state index is 12.9. The molecule has 1 amide bonds. The van der Waals surface area contributed by atoms with Gasteiger partial charge in [0.1, 0.15) is 18.2 Å². The molecule has 8 heteroatoms. The van der Waals surface area contributed by atoms with E-state index in [1.165, 1.54) is 6.33 Å². The zero-order valence-electron chi connectivity index (χ0n) is 13.6. The van der Waals surface area contributed by atoms with Gasteiger partial charge < -0.3 is 14.5 Å². The van der Waals surface area contributed by atoms with Crippen molar-refractivity contribution in [3.63, 3.8) is 0 Å². The monoisotopic (exact) mass is 328 g/mol. The van der Waals surface area contributed by atoms with Crippen LogP contribution >= 0.6 is 0 Å². The highest BCUT2D eigenvalue weighted by molar-refractivity contribution is 5.81. The Morgan fingerprint density at radius 2 is 2.12 bits per heavy atom. The fourth-order valence-electron chi connectivity index (χ4n) is 3.41. The average molecular weight is 328 g/mol. The Balaban J connectivity index is 1.64. The van der Waals surface area contributed by atoms with E-state index in [1.54, 1.807) is 19.4 Å². The molecule has 0 N–H and O–H groups in total. The second kappa shape index (κ2) is 6.10. The summed E-state index contributed by atoms with van der Waals surface area (Å²) in [4.78, 5) is 25.4. The number of carbonyl (C=O) groups is 1. The average Bonchev–Trinajstić information content (AvgIpc) is 3.31. The summed E-state index contributed by atoms with van der Waals surface area (Å²) in [5, 5.41) is 4.38. The molecule has 1 atom stereocenters. The molecule has 0 aliphatic carbocycles. The van der Waals surface area contributed by atoms with Crippen molar-refractivity contribution in [2.75, 3.05) is 31.6 Å². The molecule has 4 heterocycles. The molecule has 24 heavy (non-hydrogen) atoms. The molecule has 0 bridgehead atoms. The van der Waals surface area contributed by atoms with Gasteiger partial charge in [-0.1, -0.05) is 0 Å². The summed E-state index contributed by atoms with van der Waals surface area (Å²) in [5.41, 5.74) is 1.01. The van der Waals surface area contributed by atoms with Crippen molar-refractivity contribution < 1.29 is 9.53 Å². The minimum Gasteiger partial charge on any atom is -0.481 e. The van der Waals surface area contributed by atoms with Gasteiger partial charge in [0, 0.05) is 25.4 Å². The lowest BCUT2D eigenvalue weighted by Crippen LogP contribution is -2.46. The SMILES string of the molecule is COc1cc(N2Cc3ccnn3[C@H](C(=O)N3CCCC3)C2)ncn1. The van der Waals surface area contributed by atoms with E-state index in [0.717, 1.165) is 37.4 Å². The van der Waals surface area contributed by atoms with E-state index in [0.29, 0.717) is 19.0 Å². The summed E-state index contributed by atoms with van der Waals surface area (Å²) in [6.07, 6.45) is 5.40. The Hall–Kier alpha value is -2.64. The van der Waals surface area contributed by atoms with E-state index in [-0.39, 0.29) is 11.9 Å². The van der Waals surface area contributed by atoms with Crippen LogP contribution in [0.5, 0.6) is 5.88 Å². The first-order valence-corrected chi connectivity index (χ1v) is 8.18. The molecule has 0 unspecified atom stereocenters. The lowest BCUT2D eigenvalue weighted by atomic mass is 10.1. The molecule has 2 aromatic heterocycles. The highest BCUT2D eigenvalue weighted by atomic mass is 16.5. The molecule has 8 nitrogen and oxygen atoms in total. The quantitative estimate of drug-likeness (QED) is 0.832.